The molecule has 0 bridgehead atoms. The van der Waals surface area contributed by atoms with Gasteiger partial charge in [-0.25, -0.2) is 9.97 Å². The highest BCUT2D eigenvalue weighted by Gasteiger charge is 2.31. The molecule has 0 unspecified atom stereocenters. The first kappa shape index (κ1) is 30.2. The number of aryl methyl sites for hydroxylation is 4. The van der Waals surface area contributed by atoms with Gasteiger partial charge < -0.3 is 19.5 Å². The second-order valence-corrected chi connectivity index (χ2v) is 14.0. The van der Waals surface area contributed by atoms with E-state index < -0.39 is 5.97 Å². The van der Waals surface area contributed by atoms with Crippen LogP contribution in [-0.4, -0.2) is 50.2 Å². The fourth-order valence-electron chi connectivity index (χ4n) is 7.72. The van der Waals surface area contributed by atoms with E-state index in [1.54, 1.807) is 6.33 Å². The molecule has 46 heavy (non-hydrogen) atoms. The molecule has 3 aromatic heterocycles. The van der Waals surface area contributed by atoms with Gasteiger partial charge in [0.2, 0.25) is 0 Å². The lowest BCUT2D eigenvalue weighted by Crippen LogP contribution is -2.38. The van der Waals surface area contributed by atoms with Crippen LogP contribution in [0.4, 0.5) is 11.5 Å². The number of carboxylic acid groups (broad SMARTS) is 1. The molecule has 0 radical (unpaired) electrons. The van der Waals surface area contributed by atoms with Gasteiger partial charge in [-0.05, 0) is 81.2 Å². The average Bonchev–Trinajstić information content (AvgIpc) is 3.34. The van der Waals surface area contributed by atoms with Crippen LogP contribution >= 0.6 is 0 Å². The number of anilines is 2. The number of aliphatic carboxylic acids is 1. The van der Waals surface area contributed by atoms with Crippen LogP contribution in [0, 0.1) is 26.2 Å². The number of benzene rings is 2. The number of aromatic nitrogens is 4. The Labute approximate surface area is 271 Å². The van der Waals surface area contributed by atoms with Crippen molar-refractivity contribution in [2.75, 3.05) is 29.4 Å². The van der Waals surface area contributed by atoms with Crippen molar-refractivity contribution in [2.45, 2.75) is 80.3 Å². The number of piperidine rings is 1. The van der Waals surface area contributed by atoms with E-state index in [1.165, 1.54) is 27.6 Å². The minimum Gasteiger partial charge on any atom is -0.481 e. The van der Waals surface area contributed by atoms with Gasteiger partial charge >= 0.3 is 5.97 Å². The Balaban J connectivity index is 1.28. The van der Waals surface area contributed by atoms with Crippen LogP contribution in [0.3, 0.4) is 0 Å². The smallest absolute Gasteiger partial charge is 0.307 e. The van der Waals surface area contributed by atoms with Gasteiger partial charge in [0.05, 0.1) is 17.6 Å². The Bertz CT molecular complexity index is 2000. The Hall–Kier alpha value is -4.46. The van der Waals surface area contributed by atoms with E-state index >= 15 is 0 Å². The van der Waals surface area contributed by atoms with Crippen molar-refractivity contribution in [3.8, 4) is 11.1 Å². The second-order valence-electron chi connectivity index (χ2n) is 14.0. The summed E-state index contributed by atoms with van der Waals surface area (Å²) in [6.45, 7) is 17.3. The highest BCUT2D eigenvalue weighted by molar-refractivity contribution is 6.09. The largest absolute Gasteiger partial charge is 0.481 e. The van der Waals surface area contributed by atoms with E-state index in [-0.39, 0.29) is 11.8 Å². The maximum Gasteiger partial charge on any atom is 0.307 e. The summed E-state index contributed by atoms with van der Waals surface area (Å²) in [7, 11) is 0. The third-order valence-corrected chi connectivity index (χ3v) is 10.3. The summed E-state index contributed by atoms with van der Waals surface area (Å²) in [5.74, 6) is 0.169. The van der Waals surface area contributed by atoms with Gasteiger partial charge in [0.1, 0.15) is 17.4 Å². The molecule has 8 heteroatoms. The van der Waals surface area contributed by atoms with Crippen LogP contribution in [0.15, 0.2) is 42.7 Å². The Morgan fingerprint density at radius 2 is 1.72 bits per heavy atom. The average molecular weight is 617 g/mol. The summed E-state index contributed by atoms with van der Waals surface area (Å²) in [6, 6.07) is 13.4. The highest BCUT2D eigenvalue weighted by Crippen LogP contribution is 2.43. The summed E-state index contributed by atoms with van der Waals surface area (Å²) in [4.78, 5) is 31.4. The number of hydrogen-bond acceptors (Lipinski definition) is 6. The molecular weight excluding hydrogens is 572 g/mol. The molecule has 5 heterocycles. The quantitative estimate of drug-likeness (QED) is 0.213. The van der Waals surface area contributed by atoms with Crippen LogP contribution in [0.25, 0.3) is 33.1 Å². The van der Waals surface area contributed by atoms with Crippen LogP contribution in [0.5, 0.6) is 0 Å². The molecule has 2 aromatic carbocycles. The van der Waals surface area contributed by atoms with Crippen molar-refractivity contribution >= 4 is 39.4 Å². The summed E-state index contributed by atoms with van der Waals surface area (Å²) in [5.41, 5.74) is 13.3. The zero-order valence-corrected chi connectivity index (χ0v) is 27.9. The number of rotatable bonds is 6. The van der Waals surface area contributed by atoms with Crippen molar-refractivity contribution in [3.63, 3.8) is 0 Å². The number of nitrogens with zero attached hydrogens (tertiary/aromatic N) is 6. The second kappa shape index (κ2) is 11.4. The first-order valence-corrected chi connectivity index (χ1v) is 16.6. The predicted octanol–water partition coefficient (Wildman–Crippen LogP) is 7.41. The molecule has 1 saturated heterocycles. The molecule has 2 aliphatic heterocycles. The molecule has 1 fully saturated rings. The molecule has 8 nitrogen and oxygen atoms in total. The maximum absolute atomic E-state index is 12.1. The van der Waals surface area contributed by atoms with Gasteiger partial charge in [-0.1, -0.05) is 43.7 Å². The molecule has 0 spiro atoms. The molecule has 7 rings (SSSR count). The van der Waals surface area contributed by atoms with Gasteiger partial charge in [-0.3, -0.25) is 9.78 Å². The van der Waals surface area contributed by atoms with Gasteiger partial charge in [0, 0.05) is 60.6 Å². The Morgan fingerprint density at radius 1 is 0.935 bits per heavy atom. The number of carboxylic acids is 1. The third kappa shape index (κ3) is 5.17. The minimum atomic E-state index is -0.820. The van der Waals surface area contributed by atoms with Crippen LogP contribution in [-0.2, 0) is 30.7 Å². The lowest BCUT2D eigenvalue weighted by molar-refractivity contribution is -0.136. The molecule has 0 amide bonds. The first-order valence-electron chi connectivity index (χ1n) is 16.6. The summed E-state index contributed by atoms with van der Waals surface area (Å²) in [6.07, 6.45) is 4.73. The van der Waals surface area contributed by atoms with Crippen molar-refractivity contribution in [1.82, 2.24) is 19.5 Å². The molecule has 0 saturated carbocycles. The Kier molecular flexibility index (Phi) is 7.49. The third-order valence-electron chi connectivity index (χ3n) is 10.3. The number of fused-ring (bicyclic) bond motifs is 4. The van der Waals surface area contributed by atoms with Gasteiger partial charge in [-0.15, -0.1) is 0 Å². The fraction of sp³-hybridized carbons (Fsp3) is 0.421. The summed E-state index contributed by atoms with van der Waals surface area (Å²) in [5, 5.41) is 11.1. The number of pyridine rings is 1. The van der Waals surface area contributed by atoms with Crippen molar-refractivity contribution in [3.05, 3.63) is 76.4 Å². The molecular formula is C38H44N6O2. The van der Waals surface area contributed by atoms with E-state index in [4.69, 9.17) is 15.0 Å². The van der Waals surface area contributed by atoms with E-state index in [1.807, 2.05) is 6.92 Å². The summed E-state index contributed by atoms with van der Waals surface area (Å²) < 4.78 is 2.35. The highest BCUT2D eigenvalue weighted by atomic mass is 16.4. The number of hydrogen-bond donors (Lipinski definition) is 1. The van der Waals surface area contributed by atoms with Crippen LogP contribution in [0.2, 0.25) is 0 Å². The van der Waals surface area contributed by atoms with E-state index in [9.17, 15) is 9.90 Å². The lowest BCUT2D eigenvalue weighted by atomic mass is 9.82. The standard InChI is InChI=1S/C38H44N6O2/c1-7-44-31-11-8-23(2)18-30(31)34-36(44)37(40-22-39-34)43-15-12-26-19-27(9-10-28(26)21-43)33-25(4)41-24(3)29(20-32(45)46)35(33)42-16-13-38(5,6)14-17-42/h8-11,18-19,22H,7,12-17,20-21H2,1-6H3,(H,45,46). The Morgan fingerprint density at radius 3 is 2.46 bits per heavy atom. The van der Waals surface area contributed by atoms with E-state index in [0.29, 0.717) is 0 Å². The van der Waals surface area contributed by atoms with Gasteiger partial charge in [0.15, 0.2) is 5.82 Å². The van der Waals surface area contributed by atoms with Crippen molar-refractivity contribution in [2.24, 2.45) is 5.41 Å². The topological polar surface area (TPSA) is 87.4 Å². The van der Waals surface area contributed by atoms with Crippen molar-refractivity contribution < 1.29 is 9.90 Å². The summed E-state index contributed by atoms with van der Waals surface area (Å²) >= 11 is 0. The normalized spacial score (nSPS) is 16.3. The molecule has 5 aromatic rings. The van der Waals surface area contributed by atoms with Crippen molar-refractivity contribution in [1.29, 1.82) is 0 Å². The molecule has 1 N–H and O–H groups in total. The molecule has 0 atom stereocenters. The van der Waals surface area contributed by atoms with Crippen LogP contribution < -0.4 is 9.80 Å². The first-order chi connectivity index (χ1) is 22.0. The predicted molar refractivity (Wildman–Crippen MR) is 186 cm³/mol. The molecule has 0 aliphatic carbocycles. The number of carbonyl (C=O) groups is 1. The SMILES string of the molecule is CCn1c2ccc(C)cc2c2ncnc(N3CCc4cc(-c5c(C)nc(C)c(CC(=O)O)c5N5CCC(C)(C)CC5)ccc4C3)c21. The van der Waals surface area contributed by atoms with E-state index in [0.717, 1.165) is 103 Å². The fourth-order valence-corrected chi connectivity index (χ4v) is 7.72. The van der Waals surface area contributed by atoms with E-state index in [2.05, 4.69) is 85.4 Å². The zero-order chi connectivity index (χ0) is 32.3. The molecule has 2 aliphatic rings. The monoisotopic (exact) mass is 616 g/mol. The maximum atomic E-state index is 12.1. The van der Waals surface area contributed by atoms with Gasteiger partial charge in [-0.2, -0.15) is 0 Å². The zero-order valence-electron chi connectivity index (χ0n) is 27.9. The minimum absolute atomic E-state index is 0.0251. The lowest BCUT2D eigenvalue weighted by Gasteiger charge is -2.40. The van der Waals surface area contributed by atoms with Crippen LogP contribution in [0.1, 0.15) is 67.3 Å². The molecule has 238 valence electrons. The van der Waals surface area contributed by atoms with Gasteiger partial charge in [0.25, 0.3) is 0 Å².